The zero-order valence-electron chi connectivity index (χ0n) is 14.3. The van der Waals surface area contributed by atoms with E-state index in [-0.39, 0.29) is 11.7 Å². The average molecular weight is 332 g/mol. The highest BCUT2D eigenvalue weighted by Gasteiger charge is 2.18. The molecule has 25 heavy (non-hydrogen) atoms. The van der Waals surface area contributed by atoms with Crippen LogP contribution in [0.25, 0.3) is 21.8 Å². The van der Waals surface area contributed by atoms with Crippen LogP contribution in [-0.4, -0.2) is 9.97 Å². The maximum absolute atomic E-state index is 13.5. The van der Waals surface area contributed by atoms with E-state index in [1.54, 1.807) is 6.07 Å². The Balaban J connectivity index is 1.79. The van der Waals surface area contributed by atoms with E-state index >= 15 is 0 Å². The summed E-state index contributed by atoms with van der Waals surface area (Å²) in [6, 6.07) is 19.7. The summed E-state index contributed by atoms with van der Waals surface area (Å²) in [5.41, 5.74) is 2.84. The van der Waals surface area contributed by atoms with Gasteiger partial charge in [-0.1, -0.05) is 62.2 Å². The maximum Gasteiger partial charge on any atom is 0.125 e. The monoisotopic (exact) mass is 332 g/mol. The number of nitrogens with one attached hydrogen (secondary N) is 1. The van der Waals surface area contributed by atoms with E-state index in [4.69, 9.17) is 4.98 Å². The molecule has 1 N–H and O–H groups in total. The van der Waals surface area contributed by atoms with Crippen LogP contribution in [0.4, 0.5) is 4.39 Å². The van der Waals surface area contributed by atoms with Crippen molar-refractivity contribution in [1.29, 1.82) is 0 Å². The minimum absolute atomic E-state index is 0.194. The first-order valence-electron chi connectivity index (χ1n) is 8.88. The van der Waals surface area contributed by atoms with Gasteiger partial charge < -0.3 is 4.98 Å². The summed E-state index contributed by atoms with van der Waals surface area (Å²) in [4.78, 5) is 8.08. The molecule has 0 radical (unpaired) electrons. The minimum atomic E-state index is -0.237. The predicted octanol–water partition coefficient (Wildman–Crippen LogP) is 6.18. The lowest BCUT2D eigenvalue weighted by Crippen LogP contribution is -2.03. The molecule has 0 fully saturated rings. The van der Waals surface area contributed by atoms with E-state index in [1.165, 1.54) is 28.5 Å². The van der Waals surface area contributed by atoms with E-state index in [0.29, 0.717) is 0 Å². The number of aromatic nitrogens is 2. The van der Waals surface area contributed by atoms with Gasteiger partial charge in [-0.3, -0.25) is 0 Å². The van der Waals surface area contributed by atoms with E-state index < -0.39 is 0 Å². The fourth-order valence-corrected chi connectivity index (χ4v) is 3.46. The first-order chi connectivity index (χ1) is 12.2. The number of H-pyrrole nitrogens is 1. The standard InChI is InChI=1S/C22H21FN2/c1-2-3-8-19(17-10-9-15-6-4-5-7-16(15)13-17)22-24-20-12-11-18(23)14-21(20)25-22/h4-7,9-14,19H,2-3,8H2,1H3,(H,24,25). The number of nitrogens with zero attached hydrogens (tertiary/aromatic N) is 1. The number of imidazole rings is 1. The average Bonchev–Trinajstić information content (AvgIpc) is 3.04. The van der Waals surface area contributed by atoms with Crippen molar-refractivity contribution in [2.75, 3.05) is 0 Å². The molecule has 4 rings (SSSR count). The molecule has 0 aliphatic heterocycles. The normalized spacial score (nSPS) is 12.7. The molecule has 0 aliphatic carbocycles. The van der Waals surface area contributed by atoms with Crippen molar-refractivity contribution < 1.29 is 4.39 Å². The lowest BCUT2D eigenvalue weighted by molar-refractivity contribution is 0.628. The molecule has 0 aliphatic rings. The van der Waals surface area contributed by atoms with Gasteiger partial charge in [-0.25, -0.2) is 9.37 Å². The summed E-state index contributed by atoms with van der Waals surface area (Å²) in [6.45, 7) is 2.20. The fourth-order valence-electron chi connectivity index (χ4n) is 3.46. The number of hydrogen-bond donors (Lipinski definition) is 1. The van der Waals surface area contributed by atoms with Crippen molar-refractivity contribution in [1.82, 2.24) is 9.97 Å². The zero-order chi connectivity index (χ0) is 17.2. The number of fused-ring (bicyclic) bond motifs is 2. The summed E-state index contributed by atoms with van der Waals surface area (Å²) in [6.07, 6.45) is 3.29. The van der Waals surface area contributed by atoms with Gasteiger partial charge in [-0.05, 0) is 41.0 Å². The molecule has 3 heteroatoms. The zero-order valence-corrected chi connectivity index (χ0v) is 14.3. The second-order valence-corrected chi connectivity index (χ2v) is 6.58. The van der Waals surface area contributed by atoms with Crippen molar-refractivity contribution in [3.63, 3.8) is 0 Å². The molecule has 0 amide bonds. The van der Waals surface area contributed by atoms with Crippen molar-refractivity contribution in [3.05, 3.63) is 77.9 Å². The van der Waals surface area contributed by atoms with Crippen LogP contribution in [0.15, 0.2) is 60.7 Å². The highest BCUT2D eigenvalue weighted by molar-refractivity contribution is 5.83. The number of unbranched alkanes of at least 4 members (excludes halogenated alkanes) is 1. The van der Waals surface area contributed by atoms with Gasteiger partial charge in [0, 0.05) is 5.92 Å². The molecule has 1 atom stereocenters. The van der Waals surface area contributed by atoms with Gasteiger partial charge in [0.1, 0.15) is 11.6 Å². The maximum atomic E-state index is 13.5. The molecule has 4 aromatic rings. The molecule has 1 unspecified atom stereocenters. The van der Waals surface area contributed by atoms with Crippen molar-refractivity contribution in [3.8, 4) is 0 Å². The summed E-state index contributed by atoms with van der Waals surface area (Å²) >= 11 is 0. The Labute approximate surface area is 146 Å². The summed E-state index contributed by atoms with van der Waals surface area (Å²) in [5, 5.41) is 2.48. The van der Waals surface area contributed by atoms with Crippen LogP contribution in [0.2, 0.25) is 0 Å². The summed E-state index contributed by atoms with van der Waals surface area (Å²) in [7, 11) is 0. The van der Waals surface area contributed by atoms with Crippen LogP contribution >= 0.6 is 0 Å². The topological polar surface area (TPSA) is 28.7 Å². The highest BCUT2D eigenvalue weighted by Crippen LogP contribution is 2.31. The van der Waals surface area contributed by atoms with E-state index in [0.717, 1.165) is 36.1 Å². The van der Waals surface area contributed by atoms with Gasteiger partial charge in [0.15, 0.2) is 0 Å². The lowest BCUT2D eigenvalue weighted by Gasteiger charge is -2.15. The second kappa shape index (κ2) is 6.67. The third-order valence-electron chi connectivity index (χ3n) is 4.81. The van der Waals surface area contributed by atoms with Gasteiger partial charge in [0.05, 0.1) is 11.0 Å². The molecule has 0 saturated heterocycles. The fraction of sp³-hybridized carbons (Fsp3) is 0.227. The Bertz CT molecular complexity index is 1020. The van der Waals surface area contributed by atoms with Crippen LogP contribution in [0.5, 0.6) is 0 Å². The summed E-state index contributed by atoms with van der Waals surface area (Å²) < 4.78 is 13.5. The van der Waals surface area contributed by atoms with Gasteiger partial charge in [-0.15, -0.1) is 0 Å². The lowest BCUT2D eigenvalue weighted by atomic mass is 9.91. The van der Waals surface area contributed by atoms with Gasteiger partial charge in [0.2, 0.25) is 0 Å². The molecule has 3 aromatic carbocycles. The quantitative estimate of drug-likeness (QED) is 0.464. The van der Waals surface area contributed by atoms with Crippen LogP contribution < -0.4 is 0 Å². The Morgan fingerprint density at radius 2 is 1.84 bits per heavy atom. The van der Waals surface area contributed by atoms with Crippen molar-refractivity contribution in [2.24, 2.45) is 0 Å². The number of rotatable bonds is 5. The van der Waals surface area contributed by atoms with Crippen LogP contribution in [0, 0.1) is 5.82 Å². The molecule has 0 spiro atoms. The van der Waals surface area contributed by atoms with Crippen LogP contribution in [-0.2, 0) is 0 Å². The number of halogens is 1. The van der Waals surface area contributed by atoms with Gasteiger partial charge in [-0.2, -0.15) is 0 Å². The largest absolute Gasteiger partial charge is 0.341 e. The minimum Gasteiger partial charge on any atom is -0.341 e. The third-order valence-corrected chi connectivity index (χ3v) is 4.81. The van der Waals surface area contributed by atoms with Crippen LogP contribution in [0.1, 0.15) is 43.5 Å². The Morgan fingerprint density at radius 1 is 1.00 bits per heavy atom. The Hall–Kier alpha value is -2.68. The second-order valence-electron chi connectivity index (χ2n) is 6.58. The van der Waals surface area contributed by atoms with E-state index in [2.05, 4.69) is 54.4 Å². The molecule has 126 valence electrons. The molecule has 1 heterocycles. The highest BCUT2D eigenvalue weighted by atomic mass is 19.1. The molecule has 0 saturated carbocycles. The number of aromatic amines is 1. The smallest absolute Gasteiger partial charge is 0.125 e. The first kappa shape index (κ1) is 15.8. The summed E-state index contributed by atoms with van der Waals surface area (Å²) in [5.74, 6) is 0.878. The predicted molar refractivity (Wildman–Crippen MR) is 101 cm³/mol. The Morgan fingerprint density at radius 3 is 2.68 bits per heavy atom. The van der Waals surface area contributed by atoms with Crippen LogP contribution in [0.3, 0.4) is 0 Å². The number of hydrogen-bond acceptors (Lipinski definition) is 1. The molecule has 0 bridgehead atoms. The Kier molecular flexibility index (Phi) is 4.22. The van der Waals surface area contributed by atoms with Gasteiger partial charge >= 0.3 is 0 Å². The van der Waals surface area contributed by atoms with Crippen molar-refractivity contribution >= 4 is 21.8 Å². The van der Waals surface area contributed by atoms with E-state index in [9.17, 15) is 4.39 Å². The van der Waals surface area contributed by atoms with Crippen molar-refractivity contribution in [2.45, 2.75) is 32.1 Å². The van der Waals surface area contributed by atoms with E-state index in [1.807, 2.05) is 0 Å². The molecular formula is C22H21FN2. The molecule has 1 aromatic heterocycles. The van der Waals surface area contributed by atoms with Gasteiger partial charge in [0.25, 0.3) is 0 Å². The molecular weight excluding hydrogens is 311 g/mol. The third kappa shape index (κ3) is 3.14. The first-order valence-corrected chi connectivity index (χ1v) is 8.88. The molecule has 2 nitrogen and oxygen atoms in total. The SMILES string of the molecule is CCCCC(c1ccc2ccccc2c1)c1nc2ccc(F)cc2[nH]1. The number of benzene rings is 3.